The van der Waals surface area contributed by atoms with Gasteiger partial charge in [0.15, 0.2) is 5.82 Å². The summed E-state index contributed by atoms with van der Waals surface area (Å²) in [5, 5.41) is 25.7. The predicted molar refractivity (Wildman–Crippen MR) is 131 cm³/mol. The van der Waals surface area contributed by atoms with Crippen LogP contribution in [0.2, 0.25) is 0 Å². The number of carbonyl (C=O) groups is 1. The van der Waals surface area contributed by atoms with Gasteiger partial charge in [-0.15, -0.1) is 10.2 Å². The highest BCUT2D eigenvalue weighted by molar-refractivity contribution is 5.80. The normalized spacial score (nSPS) is 23.6. The van der Waals surface area contributed by atoms with Gasteiger partial charge in [-0.05, 0) is 50.0 Å². The highest BCUT2D eigenvalue weighted by atomic mass is 16.3. The fourth-order valence-electron chi connectivity index (χ4n) is 5.77. The van der Waals surface area contributed by atoms with Crippen molar-refractivity contribution >= 4 is 17.4 Å². The number of hydrogen-bond acceptors (Lipinski definition) is 8. The smallest absolute Gasteiger partial charge is 0.225 e. The zero-order valence-corrected chi connectivity index (χ0v) is 19.5. The van der Waals surface area contributed by atoms with E-state index >= 15 is 0 Å². The average molecular weight is 464 g/mol. The maximum absolute atomic E-state index is 13.4. The number of aromatic hydroxyl groups is 1. The third-order valence-corrected chi connectivity index (χ3v) is 7.88. The van der Waals surface area contributed by atoms with Crippen molar-refractivity contribution < 1.29 is 9.90 Å². The van der Waals surface area contributed by atoms with Crippen molar-refractivity contribution in [3.8, 4) is 17.0 Å². The number of likely N-dealkylation sites (tertiary alicyclic amines) is 1. The van der Waals surface area contributed by atoms with Crippen LogP contribution >= 0.6 is 0 Å². The van der Waals surface area contributed by atoms with Crippen LogP contribution in [0.5, 0.6) is 5.75 Å². The number of hydrogen-bond donors (Lipinski definition) is 3. The first-order valence-corrected chi connectivity index (χ1v) is 12.5. The average Bonchev–Trinajstić information content (AvgIpc) is 2.86. The fraction of sp³-hybridized carbons (Fsp3) is 0.560. The molecule has 3 N–H and O–H groups in total. The van der Waals surface area contributed by atoms with Crippen LogP contribution in [-0.4, -0.2) is 96.0 Å². The maximum Gasteiger partial charge on any atom is 0.225 e. The van der Waals surface area contributed by atoms with E-state index in [-0.39, 0.29) is 17.7 Å². The Morgan fingerprint density at radius 2 is 1.88 bits per heavy atom. The molecule has 4 aliphatic heterocycles. The number of benzene rings is 1. The molecule has 180 valence electrons. The number of carbonyl (C=O) groups excluding carboxylic acids is 1. The number of nitrogens with one attached hydrogen (secondary N) is 2. The number of amides is 1. The minimum Gasteiger partial charge on any atom is -0.507 e. The van der Waals surface area contributed by atoms with Crippen LogP contribution in [0.3, 0.4) is 0 Å². The lowest BCUT2D eigenvalue weighted by molar-refractivity contribution is -0.138. The lowest BCUT2D eigenvalue weighted by atomic mass is 9.93. The minimum absolute atomic E-state index is 0.157. The zero-order chi connectivity index (χ0) is 23.1. The largest absolute Gasteiger partial charge is 0.507 e. The monoisotopic (exact) mass is 463 g/mol. The van der Waals surface area contributed by atoms with Gasteiger partial charge < -0.3 is 30.4 Å². The van der Waals surface area contributed by atoms with E-state index in [9.17, 15) is 9.90 Å². The SMILES string of the molecule is O=C(C1CCN(CC2CNC2)CC1)N1CCN2c3cc(-c4ccccc4O)nnc3NC[C@H]2C1. The van der Waals surface area contributed by atoms with E-state index < -0.39 is 0 Å². The van der Waals surface area contributed by atoms with Gasteiger partial charge >= 0.3 is 0 Å². The number of rotatable bonds is 4. The molecule has 0 unspecified atom stereocenters. The lowest BCUT2D eigenvalue weighted by Crippen LogP contribution is -2.60. The molecule has 1 aromatic heterocycles. The van der Waals surface area contributed by atoms with Crippen LogP contribution in [0.4, 0.5) is 11.5 Å². The van der Waals surface area contributed by atoms with Crippen LogP contribution in [0.25, 0.3) is 11.3 Å². The molecule has 0 bridgehead atoms. The third-order valence-electron chi connectivity index (χ3n) is 7.88. The van der Waals surface area contributed by atoms with Crippen LogP contribution in [0, 0.1) is 11.8 Å². The molecule has 3 saturated heterocycles. The number of para-hydroxylation sites is 1. The van der Waals surface area contributed by atoms with Crippen molar-refractivity contribution in [2.75, 3.05) is 69.1 Å². The molecule has 4 aliphatic rings. The summed E-state index contributed by atoms with van der Waals surface area (Å²) in [5.74, 6) is 2.24. The van der Waals surface area contributed by atoms with E-state index in [1.54, 1.807) is 12.1 Å². The van der Waals surface area contributed by atoms with Gasteiger partial charge in [-0.2, -0.15) is 0 Å². The maximum atomic E-state index is 13.4. The van der Waals surface area contributed by atoms with Gasteiger partial charge in [0.2, 0.25) is 5.91 Å². The Kier molecular flexibility index (Phi) is 5.74. The summed E-state index contributed by atoms with van der Waals surface area (Å²) in [7, 11) is 0. The number of fused-ring (bicyclic) bond motifs is 3. The lowest BCUT2D eigenvalue weighted by Gasteiger charge is -2.46. The highest BCUT2D eigenvalue weighted by Crippen LogP contribution is 2.36. The van der Waals surface area contributed by atoms with Crippen LogP contribution in [-0.2, 0) is 4.79 Å². The summed E-state index contributed by atoms with van der Waals surface area (Å²) in [6.07, 6.45) is 1.95. The second-order valence-corrected chi connectivity index (χ2v) is 10.1. The molecule has 5 heterocycles. The van der Waals surface area contributed by atoms with Crippen LogP contribution in [0.15, 0.2) is 30.3 Å². The van der Waals surface area contributed by atoms with E-state index in [1.807, 2.05) is 18.2 Å². The highest BCUT2D eigenvalue weighted by Gasteiger charge is 2.37. The van der Waals surface area contributed by atoms with Crippen molar-refractivity contribution in [1.29, 1.82) is 0 Å². The van der Waals surface area contributed by atoms with Crippen molar-refractivity contribution in [1.82, 2.24) is 25.3 Å². The Balaban J connectivity index is 1.10. The number of piperazine rings is 1. The Morgan fingerprint density at radius 1 is 1.06 bits per heavy atom. The summed E-state index contributed by atoms with van der Waals surface area (Å²) in [5.41, 5.74) is 2.33. The fourth-order valence-corrected chi connectivity index (χ4v) is 5.77. The van der Waals surface area contributed by atoms with E-state index in [0.717, 1.165) is 82.6 Å². The first-order valence-electron chi connectivity index (χ1n) is 12.5. The molecule has 0 radical (unpaired) electrons. The number of phenols is 1. The molecule has 3 fully saturated rings. The summed E-state index contributed by atoms with van der Waals surface area (Å²) in [6, 6.07) is 9.41. The molecule has 9 nitrogen and oxygen atoms in total. The second-order valence-electron chi connectivity index (χ2n) is 10.1. The van der Waals surface area contributed by atoms with Crippen molar-refractivity contribution in [3.05, 3.63) is 30.3 Å². The van der Waals surface area contributed by atoms with Crippen molar-refractivity contribution in [2.24, 2.45) is 11.8 Å². The zero-order valence-electron chi connectivity index (χ0n) is 19.5. The summed E-state index contributed by atoms with van der Waals surface area (Å²) >= 11 is 0. The molecule has 34 heavy (non-hydrogen) atoms. The number of anilines is 2. The first-order chi connectivity index (χ1) is 16.7. The predicted octanol–water partition coefficient (Wildman–Crippen LogP) is 1.22. The molecular formula is C25H33N7O2. The Labute approximate surface area is 200 Å². The van der Waals surface area contributed by atoms with Gasteiger partial charge in [0.25, 0.3) is 0 Å². The van der Waals surface area contributed by atoms with Gasteiger partial charge in [-0.3, -0.25) is 4.79 Å². The molecule has 2 aromatic rings. The molecule has 1 atom stereocenters. The number of nitrogens with zero attached hydrogens (tertiary/aromatic N) is 5. The molecule has 9 heteroatoms. The summed E-state index contributed by atoms with van der Waals surface area (Å²) < 4.78 is 0. The molecular weight excluding hydrogens is 430 g/mol. The molecule has 1 aromatic carbocycles. The second kappa shape index (κ2) is 9.03. The Morgan fingerprint density at radius 3 is 2.65 bits per heavy atom. The topological polar surface area (TPSA) is 96.9 Å². The first kappa shape index (κ1) is 21.6. The molecule has 0 aliphatic carbocycles. The van der Waals surface area contributed by atoms with E-state index in [1.165, 1.54) is 6.54 Å². The number of aromatic nitrogens is 2. The van der Waals surface area contributed by atoms with E-state index in [0.29, 0.717) is 17.2 Å². The summed E-state index contributed by atoms with van der Waals surface area (Å²) in [4.78, 5) is 20.3. The van der Waals surface area contributed by atoms with Gasteiger partial charge in [0.1, 0.15) is 5.75 Å². The number of phenolic OH excluding ortho intramolecular Hbond substituents is 1. The molecule has 0 spiro atoms. The third kappa shape index (κ3) is 4.07. The van der Waals surface area contributed by atoms with Gasteiger partial charge in [0, 0.05) is 57.3 Å². The van der Waals surface area contributed by atoms with Gasteiger partial charge in [-0.25, -0.2) is 0 Å². The number of piperidine rings is 1. The quantitative estimate of drug-likeness (QED) is 0.623. The van der Waals surface area contributed by atoms with E-state index in [2.05, 4.69) is 35.5 Å². The van der Waals surface area contributed by atoms with Crippen LogP contribution < -0.4 is 15.5 Å². The van der Waals surface area contributed by atoms with E-state index in [4.69, 9.17) is 0 Å². The Bertz CT molecular complexity index is 1050. The minimum atomic E-state index is 0.157. The van der Waals surface area contributed by atoms with Crippen LogP contribution in [0.1, 0.15) is 12.8 Å². The van der Waals surface area contributed by atoms with Crippen molar-refractivity contribution in [2.45, 2.75) is 18.9 Å². The Hall–Kier alpha value is -2.91. The molecule has 0 saturated carbocycles. The standard InChI is InChI=1S/C25H33N7O2/c33-23-4-2-1-3-20(23)21-11-22-24(29-28-21)27-14-19-16-31(9-10-32(19)22)25(34)18-5-7-30(8-6-18)15-17-12-26-13-17/h1-4,11,17-19,26,33H,5-10,12-16H2,(H,27,29)/t19-/m0/s1. The summed E-state index contributed by atoms with van der Waals surface area (Å²) in [6.45, 7) is 8.52. The molecule has 1 amide bonds. The van der Waals surface area contributed by atoms with Gasteiger partial charge in [-0.1, -0.05) is 12.1 Å². The van der Waals surface area contributed by atoms with Gasteiger partial charge in [0.05, 0.1) is 17.4 Å². The molecule has 6 rings (SSSR count). The van der Waals surface area contributed by atoms with Crippen molar-refractivity contribution in [3.63, 3.8) is 0 Å².